The van der Waals surface area contributed by atoms with Crippen LogP contribution in [-0.4, -0.2) is 35.2 Å². The highest BCUT2D eigenvalue weighted by Crippen LogP contribution is 2.43. The van der Waals surface area contributed by atoms with Gasteiger partial charge in [0.05, 0.1) is 34.1 Å². The van der Waals surface area contributed by atoms with E-state index in [1.165, 1.54) is 15.9 Å². The van der Waals surface area contributed by atoms with E-state index in [0.717, 1.165) is 6.42 Å². The molecule has 5 rings (SSSR count). The molecule has 1 aliphatic carbocycles. The van der Waals surface area contributed by atoms with Crippen molar-refractivity contribution in [3.8, 4) is 5.75 Å². The minimum atomic E-state index is -0.741. The molecule has 2 aliphatic heterocycles. The van der Waals surface area contributed by atoms with E-state index in [9.17, 15) is 29.3 Å². The maximum absolute atomic E-state index is 13.1. The fourth-order valence-electron chi connectivity index (χ4n) is 5.85. The summed E-state index contributed by atoms with van der Waals surface area (Å²) in [5.74, 6) is -1.87. The lowest BCUT2D eigenvalue weighted by Gasteiger charge is -2.25. The first-order valence-electron chi connectivity index (χ1n) is 12.8. The predicted octanol–water partition coefficient (Wildman–Crippen LogP) is 4.10. The molecule has 10 nitrogen and oxygen atoms in total. The van der Waals surface area contributed by atoms with Crippen LogP contribution in [0.1, 0.15) is 43.7 Å². The van der Waals surface area contributed by atoms with E-state index in [2.05, 4.69) is 6.92 Å². The van der Waals surface area contributed by atoms with E-state index >= 15 is 0 Å². The normalized spacial score (nSPS) is 25.1. The van der Waals surface area contributed by atoms with Gasteiger partial charge in [-0.15, -0.1) is 0 Å². The first kappa shape index (κ1) is 25.6. The third-order valence-corrected chi connectivity index (χ3v) is 7.97. The Morgan fingerprint density at radius 1 is 1.00 bits per heavy atom. The number of esters is 1. The highest BCUT2D eigenvalue weighted by atomic mass is 16.6. The molecule has 2 saturated heterocycles. The molecule has 198 valence electrons. The number of imide groups is 1. The standard InChI is InChI=1S/C28H29N3O7/c1-15-4-8-21-22(10-15)27(34)30(26(21)33)23-9-7-20(11-17(23)3)38-28(35)18-12-25(32)29(14-18)19-6-5-16(2)24(13-19)31(36)37/h5-7,9,11,13,15,18,21-22H,4,8,10,12,14H2,1-3H3/t15-,18+,21+,22-/m0/s1. The molecule has 38 heavy (non-hydrogen) atoms. The van der Waals surface area contributed by atoms with Crippen LogP contribution < -0.4 is 14.5 Å². The SMILES string of the molecule is Cc1cc(OC(=O)[C@@H]2CC(=O)N(c3ccc(C)c([N+](=O)[O-])c3)C2)ccc1N1C(=O)[C@H]2C[C@@H](C)CC[C@H]2C1=O. The molecule has 3 amide bonds. The molecule has 10 heteroatoms. The number of anilines is 2. The maximum atomic E-state index is 13.1. The van der Waals surface area contributed by atoms with Gasteiger partial charge in [0, 0.05) is 24.6 Å². The van der Waals surface area contributed by atoms with Crippen LogP contribution in [-0.2, 0) is 19.2 Å². The Kier molecular flexibility index (Phi) is 6.50. The largest absolute Gasteiger partial charge is 0.426 e. The number of benzene rings is 2. The van der Waals surface area contributed by atoms with Gasteiger partial charge in [0.15, 0.2) is 0 Å². The Morgan fingerprint density at radius 3 is 2.45 bits per heavy atom. The fourth-order valence-corrected chi connectivity index (χ4v) is 5.85. The summed E-state index contributed by atoms with van der Waals surface area (Å²) >= 11 is 0. The molecule has 0 bridgehead atoms. The molecule has 0 aromatic heterocycles. The van der Waals surface area contributed by atoms with E-state index in [1.54, 1.807) is 44.2 Å². The first-order chi connectivity index (χ1) is 18.0. The molecule has 4 atom stereocenters. The third kappa shape index (κ3) is 4.44. The fraction of sp³-hybridized carbons (Fsp3) is 0.429. The van der Waals surface area contributed by atoms with Crippen molar-refractivity contribution in [3.63, 3.8) is 0 Å². The van der Waals surface area contributed by atoms with Crippen molar-refractivity contribution in [3.05, 3.63) is 57.6 Å². The Balaban J connectivity index is 1.28. The zero-order chi connectivity index (χ0) is 27.3. The number of carbonyl (C=O) groups excluding carboxylic acids is 4. The summed E-state index contributed by atoms with van der Waals surface area (Å²) in [7, 11) is 0. The smallest absolute Gasteiger partial charge is 0.316 e. The zero-order valence-corrected chi connectivity index (χ0v) is 21.5. The van der Waals surface area contributed by atoms with Crippen LogP contribution in [0.5, 0.6) is 5.75 Å². The van der Waals surface area contributed by atoms with Crippen LogP contribution in [0.15, 0.2) is 36.4 Å². The molecule has 3 fully saturated rings. The number of ether oxygens (including phenoxy) is 1. The molecule has 2 aromatic rings. The quantitative estimate of drug-likeness (QED) is 0.191. The average molecular weight is 520 g/mol. The highest BCUT2D eigenvalue weighted by molar-refractivity contribution is 6.22. The molecule has 2 aromatic carbocycles. The van der Waals surface area contributed by atoms with Gasteiger partial charge < -0.3 is 9.64 Å². The second-order valence-corrected chi connectivity index (χ2v) is 10.6. The zero-order valence-electron chi connectivity index (χ0n) is 21.5. The van der Waals surface area contributed by atoms with Crippen LogP contribution in [0.4, 0.5) is 17.1 Å². The minimum absolute atomic E-state index is 0.0485. The number of rotatable bonds is 5. The average Bonchev–Trinajstić information content (AvgIpc) is 3.37. The summed E-state index contributed by atoms with van der Waals surface area (Å²) in [6.07, 6.45) is 2.29. The van der Waals surface area contributed by atoms with Crippen molar-refractivity contribution in [1.82, 2.24) is 0 Å². The van der Waals surface area contributed by atoms with Crippen LogP contribution in [0, 0.1) is 47.6 Å². The lowest BCUT2D eigenvalue weighted by atomic mass is 9.76. The van der Waals surface area contributed by atoms with Crippen molar-refractivity contribution in [2.45, 2.75) is 46.5 Å². The lowest BCUT2D eigenvalue weighted by molar-refractivity contribution is -0.385. The number of amides is 3. The maximum Gasteiger partial charge on any atom is 0.316 e. The number of nitrogens with zero attached hydrogens (tertiary/aromatic N) is 3. The first-order valence-corrected chi connectivity index (χ1v) is 12.8. The Hall–Kier alpha value is -4.08. The Bertz CT molecular complexity index is 1370. The van der Waals surface area contributed by atoms with E-state index in [0.29, 0.717) is 41.3 Å². The van der Waals surface area contributed by atoms with E-state index in [-0.39, 0.29) is 54.0 Å². The van der Waals surface area contributed by atoms with Crippen molar-refractivity contribution in [1.29, 1.82) is 0 Å². The number of nitro benzene ring substituents is 1. The predicted molar refractivity (Wildman–Crippen MR) is 138 cm³/mol. The molecule has 1 saturated carbocycles. The van der Waals surface area contributed by atoms with Crippen molar-refractivity contribution < 1.29 is 28.8 Å². The third-order valence-electron chi connectivity index (χ3n) is 7.97. The molecular weight excluding hydrogens is 490 g/mol. The van der Waals surface area contributed by atoms with Gasteiger partial charge in [-0.2, -0.15) is 0 Å². The number of aryl methyl sites for hydroxylation is 2. The molecular formula is C28H29N3O7. The molecule has 0 unspecified atom stereocenters. The second kappa shape index (κ2) is 9.66. The van der Waals surface area contributed by atoms with Gasteiger partial charge in [0.1, 0.15) is 5.75 Å². The van der Waals surface area contributed by atoms with Gasteiger partial charge in [-0.25, -0.2) is 4.90 Å². The van der Waals surface area contributed by atoms with Gasteiger partial charge in [-0.05, 0) is 68.9 Å². The molecule has 3 aliphatic rings. The van der Waals surface area contributed by atoms with Gasteiger partial charge in [-0.1, -0.05) is 13.0 Å². The molecule has 0 spiro atoms. The summed E-state index contributed by atoms with van der Waals surface area (Å²) in [4.78, 5) is 65.1. The van der Waals surface area contributed by atoms with Gasteiger partial charge in [0.25, 0.3) is 5.69 Å². The number of nitro groups is 1. The van der Waals surface area contributed by atoms with Gasteiger partial charge in [-0.3, -0.25) is 29.3 Å². The summed E-state index contributed by atoms with van der Waals surface area (Å²) < 4.78 is 5.56. The monoisotopic (exact) mass is 519 g/mol. The van der Waals surface area contributed by atoms with Crippen LogP contribution in [0.25, 0.3) is 0 Å². The summed E-state index contributed by atoms with van der Waals surface area (Å²) in [5.41, 5.74) is 1.86. The van der Waals surface area contributed by atoms with Crippen LogP contribution in [0.2, 0.25) is 0 Å². The van der Waals surface area contributed by atoms with Gasteiger partial charge >= 0.3 is 5.97 Å². The highest BCUT2D eigenvalue weighted by Gasteiger charge is 2.50. The van der Waals surface area contributed by atoms with Gasteiger partial charge in [0.2, 0.25) is 17.7 Å². The van der Waals surface area contributed by atoms with Crippen LogP contribution in [0.3, 0.4) is 0 Å². The second-order valence-electron chi connectivity index (χ2n) is 10.6. The Morgan fingerprint density at radius 2 is 1.74 bits per heavy atom. The summed E-state index contributed by atoms with van der Waals surface area (Å²) in [6.45, 7) is 5.52. The van der Waals surface area contributed by atoms with E-state index in [4.69, 9.17) is 4.74 Å². The van der Waals surface area contributed by atoms with Crippen LogP contribution >= 0.6 is 0 Å². The molecule has 0 radical (unpaired) electrons. The van der Waals surface area contributed by atoms with Crippen molar-refractivity contribution in [2.24, 2.45) is 23.7 Å². The summed E-state index contributed by atoms with van der Waals surface area (Å²) in [5, 5.41) is 11.3. The molecule has 2 heterocycles. The minimum Gasteiger partial charge on any atom is -0.426 e. The van der Waals surface area contributed by atoms with Crippen molar-refractivity contribution >= 4 is 40.8 Å². The number of hydrogen-bond acceptors (Lipinski definition) is 7. The Labute approximate surface area is 219 Å². The topological polar surface area (TPSA) is 127 Å². The van der Waals surface area contributed by atoms with E-state index in [1.807, 2.05) is 0 Å². The number of carbonyl (C=O) groups is 4. The van der Waals surface area contributed by atoms with E-state index < -0.39 is 16.8 Å². The molecule has 0 N–H and O–H groups in total. The van der Waals surface area contributed by atoms with Crippen molar-refractivity contribution in [2.75, 3.05) is 16.3 Å². The summed E-state index contributed by atoms with van der Waals surface area (Å²) in [6, 6.07) is 9.29. The lowest BCUT2D eigenvalue weighted by Crippen LogP contribution is -2.31. The number of hydrogen-bond donors (Lipinski definition) is 0. The number of fused-ring (bicyclic) bond motifs is 1.